The van der Waals surface area contributed by atoms with Gasteiger partial charge in [-0.2, -0.15) is 0 Å². The minimum absolute atomic E-state index is 0.235. The van der Waals surface area contributed by atoms with Crippen LogP contribution in [0.15, 0.2) is 18.2 Å². The van der Waals surface area contributed by atoms with Crippen molar-refractivity contribution in [2.75, 3.05) is 0 Å². The quantitative estimate of drug-likeness (QED) is 0.849. The van der Waals surface area contributed by atoms with E-state index in [9.17, 15) is 0 Å². The van der Waals surface area contributed by atoms with E-state index in [1.165, 1.54) is 24.0 Å². The largest absolute Gasteiger partial charge is 0.490 e. The molecule has 1 aliphatic carbocycles. The number of nitrogens with two attached hydrogens (primary N) is 1. The molecule has 0 bridgehead atoms. The highest BCUT2D eigenvalue weighted by molar-refractivity contribution is 5.44. The Labute approximate surface area is 103 Å². The van der Waals surface area contributed by atoms with E-state index in [-0.39, 0.29) is 11.5 Å². The van der Waals surface area contributed by atoms with Crippen LogP contribution in [0.1, 0.15) is 44.2 Å². The van der Waals surface area contributed by atoms with Gasteiger partial charge < -0.3 is 10.5 Å². The van der Waals surface area contributed by atoms with Gasteiger partial charge in [-0.3, -0.25) is 0 Å². The lowest BCUT2D eigenvalue weighted by atomic mass is 9.88. The molecular weight excluding hydrogens is 210 g/mol. The summed E-state index contributed by atoms with van der Waals surface area (Å²) in [6.07, 6.45) is 5.06. The first-order valence-corrected chi connectivity index (χ1v) is 6.67. The molecule has 1 aliphatic heterocycles. The van der Waals surface area contributed by atoms with Crippen LogP contribution in [-0.2, 0) is 11.8 Å². The van der Waals surface area contributed by atoms with Gasteiger partial charge in [-0.15, -0.1) is 0 Å². The number of rotatable bonds is 2. The van der Waals surface area contributed by atoms with Crippen LogP contribution in [0.3, 0.4) is 0 Å². The first-order valence-electron chi connectivity index (χ1n) is 6.67. The van der Waals surface area contributed by atoms with Crippen molar-refractivity contribution < 1.29 is 4.74 Å². The van der Waals surface area contributed by atoms with Crippen LogP contribution < -0.4 is 10.5 Å². The molecule has 1 heterocycles. The molecule has 1 aromatic carbocycles. The minimum Gasteiger partial charge on any atom is -0.490 e. The van der Waals surface area contributed by atoms with Crippen LogP contribution in [0, 0.1) is 0 Å². The Kier molecular flexibility index (Phi) is 2.44. The lowest BCUT2D eigenvalue weighted by Crippen LogP contribution is -2.31. The summed E-state index contributed by atoms with van der Waals surface area (Å²) in [5.41, 5.74) is 9.09. The molecule has 1 aromatic rings. The molecule has 1 saturated carbocycles. The molecule has 2 N–H and O–H groups in total. The first kappa shape index (κ1) is 11.1. The topological polar surface area (TPSA) is 35.2 Å². The third-order valence-corrected chi connectivity index (χ3v) is 4.45. The summed E-state index contributed by atoms with van der Waals surface area (Å²) in [5, 5.41) is 0. The van der Waals surface area contributed by atoms with Gasteiger partial charge in [0.05, 0.1) is 6.10 Å². The van der Waals surface area contributed by atoms with Crippen LogP contribution in [0.25, 0.3) is 0 Å². The highest BCUT2D eigenvalue weighted by Gasteiger charge is 2.47. The second-order valence-corrected chi connectivity index (χ2v) is 5.73. The summed E-state index contributed by atoms with van der Waals surface area (Å²) in [6, 6.07) is 6.97. The smallest absolute Gasteiger partial charge is 0.123 e. The zero-order valence-electron chi connectivity index (χ0n) is 10.7. The molecule has 1 fully saturated rings. The van der Waals surface area contributed by atoms with E-state index in [0.29, 0.717) is 6.10 Å². The van der Waals surface area contributed by atoms with Crippen molar-refractivity contribution in [1.29, 1.82) is 0 Å². The molecule has 0 saturated heterocycles. The molecule has 0 aromatic heterocycles. The normalized spacial score (nSPS) is 26.9. The Balaban J connectivity index is 1.96. The number of benzene rings is 1. The average Bonchev–Trinajstić information content (AvgIpc) is 3.09. The van der Waals surface area contributed by atoms with E-state index in [0.717, 1.165) is 18.6 Å². The SMILES string of the molecule is CC1CCc2ccc(C3(C(C)N)CC3)cc2O1. The highest BCUT2D eigenvalue weighted by atomic mass is 16.5. The van der Waals surface area contributed by atoms with Crippen LogP contribution in [0.2, 0.25) is 0 Å². The van der Waals surface area contributed by atoms with Crippen LogP contribution >= 0.6 is 0 Å². The number of hydrogen-bond acceptors (Lipinski definition) is 2. The Hall–Kier alpha value is -1.02. The number of ether oxygens (including phenoxy) is 1. The summed E-state index contributed by atoms with van der Waals surface area (Å²) in [7, 11) is 0. The van der Waals surface area contributed by atoms with Gasteiger partial charge in [0.15, 0.2) is 0 Å². The molecule has 0 radical (unpaired) electrons. The molecule has 0 spiro atoms. The zero-order chi connectivity index (χ0) is 12.0. The van der Waals surface area contributed by atoms with Gasteiger partial charge in [0, 0.05) is 11.5 Å². The highest BCUT2D eigenvalue weighted by Crippen LogP contribution is 2.51. The predicted molar refractivity (Wildman–Crippen MR) is 69.4 cm³/mol. The van der Waals surface area contributed by atoms with Gasteiger partial charge in [-0.25, -0.2) is 0 Å². The van der Waals surface area contributed by atoms with Crippen molar-refractivity contribution in [2.24, 2.45) is 5.73 Å². The van der Waals surface area contributed by atoms with Gasteiger partial charge in [0.25, 0.3) is 0 Å². The van der Waals surface area contributed by atoms with E-state index in [1.807, 2.05) is 0 Å². The van der Waals surface area contributed by atoms with Gasteiger partial charge in [0.2, 0.25) is 0 Å². The lowest BCUT2D eigenvalue weighted by Gasteiger charge is -2.26. The summed E-state index contributed by atoms with van der Waals surface area (Å²) in [5.74, 6) is 1.09. The van der Waals surface area contributed by atoms with E-state index < -0.39 is 0 Å². The van der Waals surface area contributed by atoms with Crippen LogP contribution in [-0.4, -0.2) is 12.1 Å². The van der Waals surface area contributed by atoms with Crippen molar-refractivity contribution in [1.82, 2.24) is 0 Å². The summed E-state index contributed by atoms with van der Waals surface area (Å²) >= 11 is 0. The number of fused-ring (bicyclic) bond motifs is 1. The Morgan fingerprint density at radius 1 is 1.41 bits per heavy atom. The lowest BCUT2D eigenvalue weighted by molar-refractivity contribution is 0.192. The summed E-state index contributed by atoms with van der Waals surface area (Å²) in [6.45, 7) is 4.27. The van der Waals surface area contributed by atoms with E-state index >= 15 is 0 Å². The molecule has 0 amide bonds. The molecule has 2 unspecified atom stereocenters. The van der Waals surface area contributed by atoms with Crippen LogP contribution in [0.4, 0.5) is 0 Å². The zero-order valence-corrected chi connectivity index (χ0v) is 10.7. The van der Waals surface area contributed by atoms with Crippen molar-refractivity contribution in [2.45, 2.75) is 57.1 Å². The Morgan fingerprint density at radius 2 is 2.18 bits per heavy atom. The van der Waals surface area contributed by atoms with Gasteiger partial charge in [0.1, 0.15) is 5.75 Å². The maximum atomic E-state index is 6.13. The van der Waals surface area contributed by atoms with Crippen molar-refractivity contribution in [3.63, 3.8) is 0 Å². The number of aryl methyl sites for hydroxylation is 1. The van der Waals surface area contributed by atoms with Crippen molar-refractivity contribution in [3.05, 3.63) is 29.3 Å². The number of hydrogen-bond donors (Lipinski definition) is 1. The van der Waals surface area contributed by atoms with Crippen molar-refractivity contribution >= 4 is 0 Å². The van der Waals surface area contributed by atoms with E-state index in [1.54, 1.807) is 0 Å². The molecule has 2 heteroatoms. The first-order chi connectivity index (χ1) is 8.12. The third-order valence-electron chi connectivity index (χ3n) is 4.45. The second-order valence-electron chi connectivity index (χ2n) is 5.73. The van der Waals surface area contributed by atoms with Crippen LogP contribution in [0.5, 0.6) is 5.75 Å². The monoisotopic (exact) mass is 231 g/mol. The summed E-state index contributed by atoms with van der Waals surface area (Å²) in [4.78, 5) is 0. The van der Waals surface area contributed by atoms with E-state index in [4.69, 9.17) is 10.5 Å². The standard InChI is InChI=1S/C15H21NO/c1-10-3-4-12-5-6-13(9-14(12)17-10)15(7-8-15)11(2)16/h5-6,9-11H,3-4,7-8,16H2,1-2H3. The fourth-order valence-electron chi connectivity index (χ4n) is 2.96. The summed E-state index contributed by atoms with van der Waals surface area (Å²) < 4.78 is 5.93. The third kappa shape index (κ3) is 1.75. The predicted octanol–water partition coefficient (Wildman–Crippen LogP) is 2.78. The molecule has 3 rings (SSSR count). The molecule has 2 nitrogen and oxygen atoms in total. The van der Waals surface area contributed by atoms with E-state index in [2.05, 4.69) is 32.0 Å². The average molecular weight is 231 g/mol. The molecule has 17 heavy (non-hydrogen) atoms. The van der Waals surface area contributed by atoms with Gasteiger partial charge >= 0.3 is 0 Å². The fourth-order valence-corrected chi connectivity index (χ4v) is 2.96. The molecule has 2 atom stereocenters. The fraction of sp³-hybridized carbons (Fsp3) is 0.600. The molecule has 2 aliphatic rings. The maximum Gasteiger partial charge on any atom is 0.123 e. The van der Waals surface area contributed by atoms with Gasteiger partial charge in [-0.05, 0) is 56.7 Å². The molecule has 92 valence electrons. The maximum absolute atomic E-state index is 6.13. The second kappa shape index (κ2) is 3.74. The van der Waals surface area contributed by atoms with Gasteiger partial charge in [-0.1, -0.05) is 12.1 Å². The Bertz CT molecular complexity index is 435. The Morgan fingerprint density at radius 3 is 2.82 bits per heavy atom. The molecular formula is C15H21NO. The van der Waals surface area contributed by atoms with Crippen molar-refractivity contribution in [3.8, 4) is 5.75 Å². The minimum atomic E-state index is 0.235.